The molecule has 2 unspecified atom stereocenters. The maximum Gasteiger partial charge on any atom is 0.105 e. The molecule has 0 heterocycles. The third-order valence-corrected chi connectivity index (χ3v) is 4.57. The Balaban J connectivity index is 1.79. The first-order valence-corrected chi connectivity index (χ1v) is 7.41. The third kappa shape index (κ3) is 3.70. The molecule has 0 amide bonds. The van der Waals surface area contributed by atoms with Gasteiger partial charge in [-0.15, -0.1) is 0 Å². The van der Waals surface area contributed by atoms with Crippen LogP contribution in [0.15, 0.2) is 0 Å². The molecule has 0 spiro atoms. The van der Waals surface area contributed by atoms with Crippen molar-refractivity contribution in [1.82, 2.24) is 10.2 Å². The molecule has 2 rings (SSSR count). The Labute approximate surface area is 112 Å². The highest BCUT2D eigenvalue weighted by Gasteiger charge is 2.34. The first-order valence-electron chi connectivity index (χ1n) is 7.41. The summed E-state index contributed by atoms with van der Waals surface area (Å²) in [7, 11) is 2.21. The van der Waals surface area contributed by atoms with Crippen molar-refractivity contribution in [3.63, 3.8) is 0 Å². The van der Waals surface area contributed by atoms with Crippen molar-refractivity contribution in [2.45, 2.75) is 70.0 Å². The molecule has 102 valence electrons. The average molecular weight is 249 g/mol. The SMILES string of the molecule is CC(CC(C)(C#N)NC1CC1)N(C)CC1CCC1. The number of hydrogen-bond acceptors (Lipinski definition) is 3. The van der Waals surface area contributed by atoms with Crippen molar-refractivity contribution >= 4 is 0 Å². The molecule has 0 aromatic carbocycles. The van der Waals surface area contributed by atoms with Crippen LogP contribution in [0.3, 0.4) is 0 Å². The second-order valence-electron chi connectivity index (χ2n) is 6.65. The van der Waals surface area contributed by atoms with Crippen LogP contribution in [-0.4, -0.2) is 36.1 Å². The van der Waals surface area contributed by atoms with Gasteiger partial charge in [0.25, 0.3) is 0 Å². The van der Waals surface area contributed by atoms with Gasteiger partial charge in [0.2, 0.25) is 0 Å². The van der Waals surface area contributed by atoms with Gasteiger partial charge in [-0.2, -0.15) is 5.26 Å². The Kier molecular flexibility index (Phi) is 4.29. The van der Waals surface area contributed by atoms with E-state index in [1.165, 1.54) is 38.6 Å². The minimum absolute atomic E-state index is 0.353. The molecular formula is C15H27N3. The van der Waals surface area contributed by atoms with Crippen LogP contribution in [0.1, 0.15) is 52.4 Å². The zero-order chi connectivity index (χ0) is 13.2. The van der Waals surface area contributed by atoms with Gasteiger partial charge in [0.1, 0.15) is 5.54 Å². The lowest BCUT2D eigenvalue weighted by Crippen LogP contribution is -2.48. The molecule has 0 aromatic heterocycles. The van der Waals surface area contributed by atoms with Crippen LogP contribution >= 0.6 is 0 Å². The van der Waals surface area contributed by atoms with Gasteiger partial charge in [0.15, 0.2) is 0 Å². The van der Waals surface area contributed by atoms with Crippen molar-refractivity contribution < 1.29 is 0 Å². The second kappa shape index (κ2) is 5.59. The summed E-state index contributed by atoms with van der Waals surface area (Å²) in [6.45, 7) is 5.51. The van der Waals surface area contributed by atoms with Crippen molar-refractivity contribution in [2.24, 2.45) is 5.92 Å². The highest BCUT2D eigenvalue weighted by Crippen LogP contribution is 2.29. The van der Waals surface area contributed by atoms with Crippen LogP contribution in [0.2, 0.25) is 0 Å². The Morgan fingerprint density at radius 2 is 2.06 bits per heavy atom. The normalized spacial score (nSPS) is 25.3. The highest BCUT2D eigenvalue weighted by atomic mass is 15.1. The van der Waals surface area contributed by atoms with E-state index >= 15 is 0 Å². The minimum Gasteiger partial charge on any atom is -0.303 e. The lowest BCUT2D eigenvalue weighted by atomic mass is 9.84. The Hall–Kier alpha value is -0.590. The Morgan fingerprint density at radius 1 is 1.39 bits per heavy atom. The molecule has 0 bridgehead atoms. The molecule has 0 aromatic rings. The van der Waals surface area contributed by atoms with Crippen LogP contribution in [0.4, 0.5) is 0 Å². The molecule has 2 aliphatic carbocycles. The van der Waals surface area contributed by atoms with Crippen molar-refractivity contribution in [3.05, 3.63) is 0 Å². The van der Waals surface area contributed by atoms with E-state index in [1.807, 2.05) is 0 Å². The van der Waals surface area contributed by atoms with Crippen LogP contribution in [0, 0.1) is 17.2 Å². The van der Waals surface area contributed by atoms with E-state index < -0.39 is 0 Å². The number of nitrogens with one attached hydrogen (secondary N) is 1. The van der Waals surface area contributed by atoms with E-state index in [0.29, 0.717) is 12.1 Å². The molecule has 2 saturated carbocycles. The predicted octanol–water partition coefficient (Wildman–Crippen LogP) is 2.53. The Morgan fingerprint density at radius 3 is 2.50 bits per heavy atom. The molecule has 3 nitrogen and oxygen atoms in total. The number of hydrogen-bond donors (Lipinski definition) is 1. The molecule has 0 saturated heterocycles. The highest BCUT2D eigenvalue weighted by molar-refractivity contribution is 5.08. The summed E-state index contributed by atoms with van der Waals surface area (Å²) in [6.07, 6.45) is 7.60. The van der Waals surface area contributed by atoms with E-state index in [4.69, 9.17) is 0 Å². The Bertz CT molecular complexity index is 314. The number of rotatable bonds is 7. The lowest BCUT2D eigenvalue weighted by molar-refractivity contribution is 0.150. The minimum atomic E-state index is -0.353. The molecule has 1 N–H and O–H groups in total. The van der Waals surface area contributed by atoms with E-state index in [-0.39, 0.29) is 5.54 Å². The van der Waals surface area contributed by atoms with Crippen molar-refractivity contribution in [1.29, 1.82) is 5.26 Å². The van der Waals surface area contributed by atoms with Crippen LogP contribution in [0.25, 0.3) is 0 Å². The first kappa shape index (κ1) is 13.8. The van der Waals surface area contributed by atoms with Gasteiger partial charge in [-0.05, 0) is 58.9 Å². The second-order valence-corrected chi connectivity index (χ2v) is 6.65. The predicted molar refractivity (Wildman–Crippen MR) is 74.2 cm³/mol. The van der Waals surface area contributed by atoms with Gasteiger partial charge in [-0.3, -0.25) is 5.32 Å². The molecular weight excluding hydrogens is 222 g/mol. The summed E-state index contributed by atoms with van der Waals surface area (Å²) < 4.78 is 0. The summed E-state index contributed by atoms with van der Waals surface area (Å²) in [5, 5.41) is 12.9. The fraction of sp³-hybridized carbons (Fsp3) is 0.933. The van der Waals surface area contributed by atoms with E-state index in [2.05, 4.69) is 37.2 Å². The summed E-state index contributed by atoms with van der Waals surface area (Å²) in [5.41, 5.74) is -0.353. The topological polar surface area (TPSA) is 39.1 Å². The van der Waals surface area contributed by atoms with Gasteiger partial charge in [0.05, 0.1) is 6.07 Å². The maximum absolute atomic E-state index is 9.40. The van der Waals surface area contributed by atoms with E-state index in [1.54, 1.807) is 0 Å². The maximum atomic E-state index is 9.40. The standard InChI is InChI=1S/C15H27N3/c1-12(18(3)10-13-5-4-6-13)9-15(2,11-16)17-14-7-8-14/h12-14,17H,4-10H2,1-3H3. The number of nitriles is 1. The number of nitrogens with zero attached hydrogens (tertiary/aromatic N) is 2. The molecule has 0 aliphatic heterocycles. The van der Waals surface area contributed by atoms with Gasteiger partial charge in [-0.25, -0.2) is 0 Å². The average Bonchev–Trinajstić information content (AvgIpc) is 3.06. The summed E-state index contributed by atoms with van der Waals surface area (Å²) in [4.78, 5) is 2.44. The lowest BCUT2D eigenvalue weighted by Gasteiger charge is -2.36. The molecule has 18 heavy (non-hydrogen) atoms. The van der Waals surface area contributed by atoms with Gasteiger partial charge < -0.3 is 4.90 Å². The first-order chi connectivity index (χ1) is 8.52. The fourth-order valence-electron chi connectivity index (χ4n) is 2.82. The molecule has 2 fully saturated rings. The van der Waals surface area contributed by atoms with Gasteiger partial charge >= 0.3 is 0 Å². The van der Waals surface area contributed by atoms with Gasteiger partial charge in [0, 0.05) is 18.6 Å². The zero-order valence-electron chi connectivity index (χ0n) is 12.1. The quantitative estimate of drug-likeness (QED) is 0.753. The van der Waals surface area contributed by atoms with Crippen LogP contribution in [-0.2, 0) is 0 Å². The molecule has 0 radical (unpaired) electrons. The van der Waals surface area contributed by atoms with Crippen LogP contribution in [0.5, 0.6) is 0 Å². The molecule has 3 heteroatoms. The molecule has 2 atom stereocenters. The van der Waals surface area contributed by atoms with Crippen molar-refractivity contribution in [2.75, 3.05) is 13.6 Å². The van der Waals surface area contributed by atoms with Crippen molar-refractivity contribution in [3.8, 4) is 6.07 Å². The third-order valence-electron chi connectivity index (χ3n) is 4.57. The van der Waals surface area contributed by atoms with Crippen LogP contribution < -0.4 is 5.32 Å². The zero-order valence-corrected chi connectivity index (χ0v) is 12.1. The summed E-state index contributed by atoms with van der Waals surface area (Å²) in [6, 6.07) is 3.55. The fourth-order valence-corrected chi connectivity index (χ4v) is 2.82. The summed E-state index contributed by atoms with van der Waals surface area (Å²) >= 11 is 0. The molecule has 2 aliphatic rings. The largest absolute Gasteiger partial charge is 0.303 e. The smallest absolute Gasteiger partial charge is 0.105 e. The van der Waals surface area contributed by atoms with E-state index in [0.717, 1.165) is 12.3 Å². The monoisotopic (exact) mass is 249 g/mol. The summed E-state index contributed by atoms with van der Waals surface area (Å²) in [5.74, 6) is 0.905. The van der Waals surface area contributed by atoms with Gasteiger partial charge in [-0.1, -0.05) is 6.42 Å². The van der Waals surface area contributed by atoms with E-state index in [9.17, 15) is 5.26 Å².